The van der Waals surface area contributed by atoms with Crippen molar-refractivity contribution in [2.24, 2.45) is 11.8 Å². The molecule has 0 aromatic carbocycles. The van der Waals surface area contributed by atoms with E-state index in [9.17, 15) is 24.6 Å². The van der Waals surface area contributed by atoms with E-state index in [-0.39, 0.29) is 31.0 Å². The van der Waals surface area contributed by atoms with Gasteiger partial charge in [-0.3, -0.25) is 14.4 Å². The highest BCUT2D eigenvalue weighted by Gasteiger charge is 2.74. The summed E-state index contributed by atoms with van der Waals surface area (Å²) >= 11 is 0. The van der Waals surface area contributed by atoms with E-state index < -0.39 is 35.6 Å². The maximum atomic E-state index is 13.5. The van der Waals surface area contributed by atoms with Crippen LogP contribution in [0.3, 0.4) is 0 Å². The first-order chi connectivity index (χ1) is 12.8. The summed E-state index contributed by atoms with van der Waals surface area (Å²) in [5, 5.41) is 18.9. The number of hydrogen-bond donors (Lipinski definition) is 2. The Hall–Kier alpha value is -1.93. The summed E-state index contributed by atoms with van der Waals surface area (Å²) in [5.41, 5.74) is -1.09. The van der Waals surface area contributed by atoms with Gasteiger partial charge in [0.1, 0.15) is 11.6 Å². The smallest absolute Gasteiger partial charge is 0.310 e. The van der Waals surface area contributed by atoms with Crippen LogP contribution in [-0.4, -0.2) is 81.3 Å². The van der Waals surface area contributed by atoms with E-state index in [1.54, 1.807) is 11.0 Å². The van der Waals surface area contributed by atoms with Gasteiger partial charge in [-0.2, -0.15) is 0 Å². The van der Waals surface area contributed by atoms with Crippen LogP contribution in [0, 0.1) is 11.8 Å². The van der Waals surface area contributed by atoms with Crippen LogP contribution in [0.5, 0.6) is 0 Å². The number of carboxylic acids is 1. The van der Waals surface area contributed by atoms with Gasteiger partial charge in [-0.25, -0.2) is 0 Å². The summed E-state index contributed by atoms with van der Waals surface area (Å²) in [7, 11) is 0. The zero-order chi connectivity index (χ0) is 19.9. The molecule has 3 fully saturated rings. The number of likely N-dealkylation sites (tertiary alicyclic amines) is 1. The van der Waals surface area contributed by atoms with Crippen LogP contribution < -0.4 is 0 Å². The summed E-state index contributed by atoms with van der Waals surface area (Å²) in [5.74, 6) is -3.42. The van der Waals surface area contributed by atoms with E-state index >= 15 is 0 Å². The maximum absolute atomic E-state index is 13.5. The van der Waals surface area contributed by atoms with E-state index in [1.807, 2.05) is 13.8 Å². The van der Waals surface area contributed by atoms with E-state index in [4.69, 9.17) is 4.74 Å². The van der Waals surface area contributed by atoms with Crippen LogP contribution in [0.1, 0.15) is 33.1 Å². The number of rotatable bonds is 8. The molecule has 2 amide bonds. The Morgan fingerprint density at radius 1 is 1.48 bits per heavy atom. The third-order valence-corrected chi connectivity index (χ3v) is 6.11. The predicted molar refractivity (Wildman–Crippen MR) is 95.7 cm³/mol. The Bertz CT molecular complexity index is 650. The highest BCUT2D eigenvalue weighted by molar-refractivity contribution is 5.98. The highest BCUT2D eigenvalue weighted by Crippen LogP contribution is 2.58. The topological polar surface area (TPSA) is 107 Å². The number of carboxylic acid groups (broad SMARTS) is 1. The van der Waals surface area contributed by atoms with Gasteiger partial charge in [0.2, 0.25) is 11.8 Å². The Morgan fingerprint density at radius 3 is 2.74 bits per heavy atom. The zero-order valence-electron chi connectivity index (χ0n) is 15.8. The second-order valence-electron chi connectivity index (χ2n) is 7.88. The number of hydrogen-bond acceptors (Lipinski definition) is 5. The number of nitrogens with zero attached hydrogens (tertiary/aromatic N) is 2. The lowest BCUT2D eigenvalue weighted by molar-refractivity contribution is -0.151. The standard InChI is InChI=1S/C19H28N2O6/c1-4-8-20(11(2)3)17(24)15-19-7-6-12(27-19)13(18(25)26)14(19)16(23)21(15)9-5-10-22/h4,11-15,22H,1,5-10H2,2-3H3,(H,25,26)/t12-,13+,14+,15-,19+/m1/s1. The van der Waals surface area contributed by atoms with Gasteiger partial charge in [0, 0.05) is 25.7 Å². The maximum Gasteiger partial charge on any atom is 0.310 e. The lowest BCUT2D eigenvalue weighted by atomic mass is 9.70. The number of carbonyl (C=O) groups is 3. The van der Waals surface area contributed by atoms with Crippen LogP contribution in [0.25, 0.3) is 0 Å². The molecule has 3 aliphatic heterocycles. The molecule has 2 bridgehead atoms. The van der Waals surface area contributed by atoms with Crippen molar-refractivity contribution in [1.82, 2.24) is 9.80 Å². The quantitative estimate of drug-likeness (QED) is 0.585. The molecule has 0 aromatic heterocycles. The van der Waals surface area contributed by atoms with Crippen LogP contribution in [0.4, 0.5) is 0 Å². The predicted octanol–water partition coefficient (Wildman–Crippen LogP) is 0.251. The minimum atomic E-state index is -1.09. The molecule has 0 aromatic rings. The Kier molecular flexibility index (Phi) is 5.31. The van der Waals surface area contributed by atoms with Gasteiger partial charge in [0.05, 0.1) is 17.9 Å². The summed E-state index contributed by atoms with van der Waals surface area (Å²) in [6.45, 7) is 7.90. The fourth-order valence-corrected chi connectivity index (χ4v) is 5.05. The minimum Gasteiger partial charge on any atom is -0.481 e. The highest BCUT2D eigenvalue weighted by atomic mass is 16.5. The molecule has 1 spiro atoms. The lowest BCUT2D eigenvalue weighted by Crippen LogP contribution is -2.57. The molecule has 8 nitrogen and oxygen atoms in total. The average Bonchev–Trinajstić information content (AvgIpc) is 3.24. The van der Waals surface area contributed by atoms with Crippen molar-refractivity contribution in [1.29, 1.82) is 0 Å². The summed E-state index contributed by atoms with van der Waals surface area (Å²) in [4.78, 5) is 41.6. The summed E-state index contributed by atoms with van der Waals surface area (Å²) < 4.78 is 6.10. The molecule has 27 heavy (non-hydrogen) atoms. The first-order valence-corrected chi connectivity index (χ1v) is 9.53. The minimum absolute atomic E-state index is 0.102. The van der Waals surface area contributed by atoms with Crippen molar-refractivity contribution in [2.45, 2.75) is 56.9 Å². The Labute approximate surface area is 158 Å². The largest absolute Gasteiger partial charge is 0.481 e. The fourth-order valence-electron chi connectivity index (χ4n) is 5.05. The van der Waals surface area contributed by atoms with Gasteiger partial charge in [-0.05, 0) is 33.1 Å². The average molecular weight is 380 g/mol. The molecule has 0 radical (unpaired) electrons. The van der Waals surface area contributed by atoms with Crippen molar-refractivity contribution >= 4 is 17.8 Å². The van der Waals surface area contributed by atoms with Gasteiger partial charge in [-0.15, -0.1) is 6.58 Å². The first kappa shape index (κ1) is 19.8. The van der Waals surface area contributed by atoms with Gasteiger partial charge >= 0.3 is 5.97 Å². The SMILES string of the molecule is C=CCN(C(=O)[C@H]1N(CCCO)C(=O)[C@@H]2[C@@H](C(=O)O)[C@H]3CC[C@]21O3)C(C)C. The van der Waals surface area contributed by atoms with E-state index in [0.717, 1.165) is 0 Å². The third-order valence-electron chi connectivity index (χ3n) is 6.11. The van der Waals surface area contributed by atoms with E-state index in [2.05, 4.69) is 6.58 Å². The van der Waals surface area contributed by atoms with Crippen molar-refractivity contribution in [2.75, 3.05) is 19.7 Å². The van der Waals surface area contributed by atoms with Crippen LogP contribution in [0.2, 0.25) is 0 Å². The second-order valence-corrected chi connectivity index (χ2v) is 7.88. The number of aliphatic hydroxyl groups excluding tert-OH is 1. The molecule has 8 heteroatoms. The fraction of sp³-hybridized carbons (Fsp3) is 0.737. The number of aliphatic carboxylic acids is 1. The van der Waals surface area contributed by atoms with E-state index in [1.165, 1.54) is 4.90 Å². The third kappa shape index (κ3) is 2.86. The monoisotopic (exact) mass is 380 g/mol. The molecule has 0 unspecified atom stereocenters. The van der Waals surface area contributed by atoms with Crippen molar-refractivity contribution in [3.63, 3.8) is 0 Å². The number of amides is 2. The molecule has 0 aliphatic carbocycles. The number of ether oxygens (including phenoxy) is 1. The first-order valence-electron chi connectivity index (χ1n) is 9.53. The summed E-state index contributed by atoms with van der Waals surface area (Å²) in [6.07, 6.45) is 2.45. The molecule has 3 rings (SSSR count). The van der Waals surface area contributed by atoms with Gasteiger partial charge in [0.25, 0.3) is 0 Å². The van der Waals surface area contributed by atoms with Gasteiger partial charge in [-0.1, -0.05) is 6.08 Å². The molecule has 3 aliphatic rings. The molecule has 3 saturated heterocycles. The molecule has 150 valence electrons. The van der Waals surface area contributed by atoms with Crippen molar-refractivity contribution in [3.8, 4) is 0 Å². The number of aliphatic hydroxyl groups is 1. The zero-order valence-corrected chi connectivity index (χ0v) is 15.8. The summed E-state index contributed by atoms with van der Waals surface area (Å²) in [6, 6.07) is -0.965. The Balaban J connectivity index is 2.03. The number of fused-ring (bicyclic) bond motifs is 1. The molecule has 0 saturated carbocycles. The van der Waals surface area contributed by atoms with Gasteiger partial charge in [0.15, 0.2) is 0 Å². The number of carbonyl (C=O) groups excluding carboxylic acids is 2. The second kappa shape index (κ2) is 7.24. The van der Waals surface area contributed by atoms with Crippen molar-refractivity contribution in [3.05, 3.63) is 12.7 Å². The molecule has 3 heterocycles. The van der Waals surface area contributed by atoms with Crippen LogP contribution in [-0.2, 0) is 19.1 Å². The molecular formula is C19H28N2O6. The molecule has 5 atom stereocenters. The van der Waals surface area contributed by atoms with E-state index in [0.29, 0.717) is 25.8 Å². The van der Waals surface area contributed by atoms with Gasteiger partial charge < -0.3 is 24.7 Å². The van der Waals surface area contributed by atoms with Crippen LogP contribution in [0.15, 0.2) is 12.7 Å². The van der Waals surface area contributed by atoms with Crippen molar-refractivity contribution < 1.29 is 29.3 Å². The molecule has 2 N–H and O–H groups in total. The normalized spacial score (nSPS) is 34.2. The lowest BCUT2D eigenvalue weighted by Gasteiger charge is -2.38. The molecular weight excluding hydrogens is 352 g/mol. The Morgan fingerprint density at radius 2 is 2.19 bits per heavy atom. The van der Waals surface area contributed by atoms with Crippen LogP contribution >= 0.6 is 0 Å².